The third kappa shape index (κ3) is 4.08. The Morgan fingerprint density at radius 2 is 1.77 bits per heavy atom. The van der Waals surface area contributed by atoms with Gasteiger partial charge < -0.3 is 0 Å². The molecule has 0 radical (unpaired) electrons. The van der Waals surface area contributed by atoms with E-state index in [1.54, 1.807) is 42.1 Å². The van der Waals surface area contributed by atoms with Crippen molar-refractivity contribution in [3.05, 3.63) is 79.2 Å². The molecule has 0 atom stereocenters. The van der Waals surface area contributed by atoms with Crippen LogP contribution in [0.3, 0.4) is 0 Å². The van der Waals surface area contributed by atoms with Gasteiger partial charge in [-0.15, -0.1) is 0 Å². The number of halogens is 1. The van der Waals surface area contributed by atoms with Crippen molar-refractivity contribution in [2.75, 3.05) is 4.72 Å². The number of sulfonamides is 1. The van der Waals surface area contributed by atoms with Crippen LogP contribution in [0.25, 0.3) is 5.69 Å². The molecular formula is C20H21ClN4O5S. The summed E-state index contributed by atoms with van der Waals surface area (Å²) < 4.78 is 31.4. The Balaban J connectivity index is 2.19. The SMILES string of the molecule is Cc1c(Cl)cc(S(=O)(=O)Nc2c(C(C)C)n(C)n(-c3ccccc3)c2=O)cc1[N+](=O)[O-]. The molecule has 0 aliphatic carbocycles. The van der Waals surface area contributed by atoms with Crippen molar-refractivity contribution >= 4 is 33.0 Å². The van der Waals surface area contributed by atoms with Gasteiger partial charge in [-0.05, 0) is 31.0 Å². The lowest BCUT2D eigenvalue weighted by Crippen LogP contribution is -2.23. The van der Waals surface area contributed by atoms with E-state index in [0.29, 0.717) is 11.4 Å². The molecule has 0 amide bonds. The Labute approximate surface area is 184 Å². The molecule has 0 aliphatic heterocycles. The van der Waals surface area contributed by atoms with Gasteiger partial charge in [-0.3, -0.25) is 24.3 Å². The first-order valence-electron chi connectivity index (χ1n) is 9.30. The maximum Gasteiger partial charge on any atom is 0.296 e. The van der Waals surface area contributed by atoms with Crippen molar-refractivity contribution < 1.29 is 13.3 Å². The van der Waals surface area contributed by atoms with Crippen LogP contribution in [0.15, 0.2) is 52.2 Å². The summed E-state index contributed by atoms with van der Waals surface area (Å²) in [7, 11) is -2.68. The fourth-order valence-corrected chi connectivity index (χ4v) is 4.81. The highest BCUT2D eigenvalue weighted by Crippen LogP contribution is 2.31. The van der Waals surface area contributed by atoms with Crippen LogP contribution in [-0.2, 0) is 17.1 Å². The molecule has 3 aromatic rings. The first kappa shape index (κ1) is 22.6. The van der Waals surface area contributed by atoms with E-state index < -0.39 is 31.1 Å². The van der Waals surface area contributed by atoms with Crippen LogP contribution in [0, 0.1) is 17.0 Å². The summed E-state index contributed by atoms with van der Waals surface area (Å²) >= 11 is 6.03. The zero-order valence-corrected chi connectivity index (χ0v) is 18.9. The van der Waals surface area contributed by atoms with Gasteiger partial charge >= 0.3 is 0 Å². The maximum absolute atomic E-state index is 13.2. The second-order valence-corrected chi connectivity index (χ2v) is 9.39. The average molecular weight is 465 g/mol. The van der Waals surface area contributed by atoms with Crippen LogP contribution >= 0.6 is 11.6 Å². The molecule has 0 spiro atoms. The summed E-state index contributed by atoms with van der Waals surface area (Å²) in [4.78, 5) is 23.4. The fraction of sp³-hybridized carbons (Fsp3) is 0.250. The number of nitro groups is 1. The van der Waals surface area contributed by atoms with Crippen molar-refractivity contribution in [3.63, 3.8) is 0 Å². The van der Waals surface area contributed by atoms with E-state index in [4.69, 9.17) is 11.6 Å². The van der Waals surface area contributed by atoms with Gasteiger partial charge in [0.25, 0.3) is 21.3 Å². The highest BCUT2D eigenvalue weighted by atomic mass is 35.5. The summed E-state index contributed by atoms with van der Waals surface area (Å²) in [5.74, 6) is -0.198. The largest absolute Gasteiger partial charge is 0.296 e. The average Bonchev–Trinajstić information content (AvgIpc) is 2.93. The summed E-state index contributed by atoms with van der Waals surface area (Å²) in [6.45, 7) is 5.09. The predicted octanol–water partition coefficient (Wildman–Crippen LogP) is 3.97. The third-order valence-corrected chi connectivity index (χ3v) is 6.61. The highest BCUT2D eigenvalue weighted by Gasteiger charge is 2.28. The first-order chi connectivity index (χ1) is 14.5. The first-order valence-corrected chi connectivity index (χ1v) is 11.2. The van der Waals surface area contributed by atoms with Gasteiger partial charge in [0.15, 0.2) is 0 Å². The number of nitrogens with one attached hydrogen (secondary N) is 1. The molecule has 0 saturated carbocycles. The number of nitro benzene ring substituents is 1. The highest BCUT2D eigenvalue weighted by molar-refractivity contribution is 7.92. The fourth-order valence-electron chi connectivity index (χ4n) is 3.42. The molecule has 11 heteroatoms. The Kier molecular flexibility index (Phi) is 5.97. The van der Waals surface area contributed by atoms with Crippen LogP contribution in [0.2, 0.25) is 5.02 Å². The molecule has 2 aromatic carbocycles. The number of hydrogen-bond acceptors (Lipinski definition) is 5. The van der Waals surface area contributed by atoms with Crippen molar-refractivity contribution in [3.8, 4) is 5.69 Å². The molecule has 31 heavy (non-hydrogen) atoms. The zero-order chi connectivity index (χ0) is 23.1. The summed E-state index contributed by atoms with van der Waals surface area (Å²) in [5.41, 5.74) is 0.0715. The number of hydrogen-bond donors (Lipinski definition) is 1. The number of para-hydroxylation sites is 1. The lowest BCUT2D eigenvalue weighted by molar-refractivity contribution is -0.385. The molecule has 0 unspecified atom stereocenters. The molecule has 0 aliphatic rings. The van der Waals surface area contributed by atoms with Gasteiger partial charge in [0, 0.05) is 18.7 Å². The van der Waals surface area contributed by atoms with Crippen LogP contribution in [0.1, 0.15) is 31.0 Å². The Hall–Kier alpha value is -3.11. The van der Waals surface area contributed by atoms with E-state index in [1.807, 2.05) is 13.8 Å². The van der Waals surface area contributed by atoms with E-state index in [9.17, 15) is 23.3 Å². The van der Waals surface area contributed by atoms with E-state index in [2.05, 4.69) is 4.72 Å². The van der Waals surface area contributed by atoms with Gasteiger partial charge in [-0.1, -0.05) is 43.6 Å². The van der Waals surface area contributed by atoms with Crippen molar-refractivity contribution in [1.29, 1.82) is 0 Å². The van der Waals surface area contributed by atoms with Crippen LogP contribution < -0.4 is 10.3 Å². The molecule has 3 rings (SSSR count). The summed E-state index contributed by atoms with van der Waals surface area (Å²) in [6, 6.07) is 10.8. The maximum atomic E-state index is 13.2. The second kappa shape index (κ2) is 8.20. The molecule has 1 heterocycles. The minimum Gasteiger partial charge on any atom is -0.283 e. The molecule has 0 bridgehead atoms. The van der Waals surface area contributed by atoms with Crippen LogP contribution in [-0.4, -0.2) is 22.7 Å². The van der Waals surface area contributed by atoms with Gasteiger partial charge in [-0.2, -0.15) is 0 Å². The van der Waals surface area contributed by atoms with E-state index in [0.717, 1.165) is 12.1 Å². The predicted molar refractivity (Wildman–Crippen MR) is 119 cm³/mol. The molecule has 164 valence electrons. The lowest BCUT2D eigenvalue weighted by Gasteiger charge is -2.13. The van der Waals surface area contributed by atoms with Gasteiger partial charge in [0.1, 0.15) is 5.69 Å². The Morgan fingerprint density at radius 3 is 2.32 bits per heavy atom. The van der Waals surface area contributed by atoms with Crippen LogP contribution in [0.5, 0.6) is 0 Å². The second-order valence-electron chi connectivity index (χ2n) is 7.30. The Morgan fingerprint density at radius 1 is 1.16 bits per heavy atom. The quantitative estimate of drug-likeness (QED) is 0.437. The zero-order valence-electron chi connectivity index (χ0n) is 17.3. The van der Waals surface area contributed by atoms with E-state index in [1.165, 1.54) is 11.6 Å². The summed E-state index contributed by atoms with van der Waals surface area (Å²) in [5, 5.41) is 11.2. The van der Waals surface area contributed by atoms with Gasteiger partial charge in [-0.25, -0.2) is 13.1 Å². The molecule has 0 saturated heterocycles. The van der Waals surface area contributed by atoms with Crippen molar-refractivity contribution in [1.82, 2.24) is 9.36 Å². The minimum absolute atomic E-state index is 0.0617. The number of aromatic nitrogens is 2. The van der Waals surface area contributed by atoms with Crippen molar-refractivity contribution in [2.24, 2.45) is 7.05 Å². The molecule has 0 fully saturated rings. The lowest BCUT2D eigenvalue weighted by atomic mass is 10.1. The minimum atomic E-state index is -4.34. The standard InChI is InChI=1S/C20H21ClN4O5S/c1-12(2)19-18(20(26)24(23(19)4)14-8-6-5-7-9-14)22-31(29,30)15-10-16(21)13(3)17(11-15)25(27)28/h5-12,22H,1-4H3. The van der Waals surface area contributed by atoms with Crippen LogP contribution in [0.4, 0.5) is 11.4 Å². The third-order valence-electron chi connectivity index (χ3n) is 4.89. The van der Waals surface area contributed by atoms with E-state index >= 15 is 0 Å². The molecule has 1 N–H and O–H groups in total. The Bertz CT molecular complexity index is 1330. The smallest absolute Gasteiger partial charge is 0.283 e. The number of rotatable bonds is 6. The normalized spacial score (nSPS) is 11.7. The number of anilines is 1. The summed E-state index contributed by atoms with van der Waals surface area (Å²) in [6.07, 6.45) is 0. The van der Waals surface area contributed by atoms with Gasteiger partial charge in [0.05, 0.1) is 26.2 Å². The topological polar surface area (TPSA) is 116 Å². The monoisotopic (exact) mass is 464 g/mol. The molecule has 1 aromatic heterocycles. The van der Waals surface area contributed by atoms with E-state index in [-0.39, 0.29) is 22.2 Å². The van der Waals surface area contributed by atoms with Gasteiger partial charge in [0.2, 0.25) is 0 Å². The number of benzene rings is 2. The van der Waals surface area contributed by atoms with Crippen molar-refractivity contribution in [2.45, 2.75) is 31.6 Å². The number of nitrogens with zero attached hydrogens (tertiary/aromatic N) is 3. The molecule has 9 nitrogen and oxygen atoms in total. The molecular weight excluding hydrogens is 444 g/mol.